The Labute approximate surface area is 112 Å². The summed E-state index contributed by atoms with van der Waals surface area (Å²) in [6.45, 7) is 4.21. The molecule has 108 valence electrons. The number of halogens is 2. The summed E-state index contributed by atoms with van der Waals surface area (Å²) in [5, 5.41) is 2.85. The van der Waals surface area contributed by atoms with Crippen LogP contribution in [0, 0.1) is 11.6 Å². The predicted octanol–water partition coefficient (Wildman–Crippen LogP) is 1.76. The quantitative estimate of drug-likeness (QED) is 0.753. The lowest BCUT2D eigenvalue weighted by atomic mass is 10.2. The molecule has 0 fully saturated rings. The molecule has 0 heterocycles. The molecule has 4 nitrogen and oxygen atoms in total. The summed E-state index contributed by atoms with van der Waals surface area (Å²) in [5.74, 6) is -1.79. The molecular weight excluding hydrogens is 274 g/mol. The molecule has 7 heteroatoms. The Morgan fingerprint density at radius 1 is 1.21 bits per heavy atom. The van der Waals surface area contributed by atoms with E-state index >= 15 is 0 Å². The molecule has 0 spiro atoms. The van der Waals surface area contributed by atoms with Gasteiger partial charge in [-0.05, 0) is 25.1 Å². The van der Waals surface area contributed by atoms with Gasteiger partial charge in [-0.15, -0.1) is 0 Å². The van der Waals surface area contributed by atoms with Gasteiger partial charge in [-0.2, -0.15) is 0 Å². The van der Waals surface area contributed by atoms with Crippen LogP contribution in [0.2, 0.25) is 0 Å². The summed E-state index contributed by atoms with van der Waals surface area (Å²) >= 11 is 0. The summed E-state index contributed by atoms with van der Waals surface area (Å²) in [6.07, 6.45) is 0.818. The molecule has 2 N–H and O–H groups in total. The molecule has 0 saturated heterocycles. The van der Waals surface area contributed by atoms with Gasteiger partial charge in [-0.3, -0.25) is 0 Å². The van der Waals surface area contributed by atoms with Gasteiger partial charge in [-0.25, -0.2) is 21.9 Å². The fourth-order valence-corrected chi connectivity index (χ4v) is 2.75. The lowest BCUT2D eigenvalue weighted by molar-refractivity contribution is 0.511. The Kier molecular flexibility index (Phi) is 5.84. The standard InChI is InChI=1S/C12H18F2N2O2S/c1-3-7-15-8-9-10(13)5-6-11(12(9)14)19(17,18)16-4-2/h5-6,15-16H,3-4,7-8H2,1-2H3. The Morgan fingerprint density at radius 2 is 1.89 bits per heavy atom. The van der Waals surface area contributed by atoms with E-state index in [2.05, 4.69) is 10.0 Å². The zero-order valence-corrected chi connectivity index (χ0v) is 11.8. The summed E-state index contributed by atoms with van der Waals surface area (Å²) in [7, 11) is -3.93. The maximum absolute atomic E-state index is 14.1. The van der Waals surface area contributed by atoms with Crippen LogP contribution in [0.5, 0.6) is 0 Å². The summed E-state index contributed by atoms with van der Waals surface area (Å²) in [4.78, 5) is -0.524. The smallest absolute Gasteiger partial charge is 0.243 e. The van der Waals surface area contributed by atoms with Crippen molar-refractivity contribution in [2.45, 2.75) is 31.7 Å². The van der Waals surface area contributed by atoms with Gasteiger partial charge in [0, 0.05) is 18.7 Å². The van der Waals surface area contributed by atoms with Gasteiger partial charge in [0.2, 0.25) is 10.0 Å². The Hall–Kier alpha value is -1.05. The van der Waals surface area contributed by atoms with Crippen molar-refractivity contribution in [3.05, 3.63) is 29.3 Å². The number of hydrogen-bond acceptors (Lipinski definition) is 3. The molecule has 1 aromatic carbocycles. The van der Waals surface area contributed by atoms with E-state index in [4.69, 9.17) is 0 Å². The highest BCUT2D eigenvalue weighted by molar-refractivity contribution is 7.89. The van der Waals surface area contributed by atoms with Crippen LogP contribution in [0.4, 0.5) is 8.78 Å². The molecule has 0 unspecified atom stereocenters. The van der Waals surface area contributed by atoms with Gasteiger partial charge in [0.15, 0.2) is 5.82 Å². The lowest BCUT2D eigenvalue weighted by Crippen LogP contribution is -2.25. The fourth-order valence-electron chi connectivity index (χ4n) is 1.60. The second-order valence-electron chi connectivity index (χ2n) is 4.02. The van der Waals surface area contributed by atoms with Crippen LogP contribution >= 0.6 is 0 Å². The Balaban J connectivity index is 3.13. The van der Waals surface area contributed by atoms with Crippen LogP contribution in [0.15, 0.2) is 17.0 Å². The zero-order chi connectivity index (χ0) is 14.5. The number of hydrogen-bond donors (Lipinski definition) is 2. The van der Waals surface area contributed by atoms with Crippen LogP contribution in [-0.4, -0.2) is 21.5 Å². The molecule has 1 aromatic rings. The van der Waals surface area contributed by atoms with Crippen LogP contribution in [-0.2, 0) is 16.6 Å². The van der Waals surface area contributed by atoms with Gasteiger partial charge in [0.25, 0.3) is 0 Å². The van der Waals surface area contributed by atoms with Crippen molar-refractivity contribution < 1.29 is 17.2 Å². The molecule has 0 atom stereocenters. The molecule has 0 amide bonds. The van der Waals surface area contributed by atoms with Crippen molar-refractivity contribution in [3.8, 4) is 0 Å². The first-order chi connectivity index (χ1) is 8.94. The monoisotopic (exact) mass is 292 g/mol. The van der Waals surface area contributed by atoms with Crippen LogP contribution in [0.3, 0.4) is 0 Å². The van der Waals surface area contributed by atoms with Crippen molar-refractivity contribution in [2.24, 2.45) is 0 Å². The molecule has 0 aliphatic rings. The van der Waals surface area contributed by atoms with E-state index in [-0.39, 0.29) is 18.7 Å². The first kappa shape index (κ1) is 16.0. The van der Waals surface area contributed by atoms with E-state index in [1.807, 2.05) is 6.92 Å². The van der Waals surface area contributed by atoms with E-state index in [0.717, 1.165) is 18.6 Å². The molecule has 1 rings (SSSR count). The Bertz CT molecular complexity index is 533. The van der Waals surface area contributed by atoms with E-state index in [9.17, 15) is 17.2 Å². The first-order valence-electron chi connectivity index (χ1n) is 6.11. The van der Waals surface area contributed by atoms with Gasteiger partial charge >= 0.3 is 0 Å². The molecule has 0 saturated carbocycles. The number of sulfonamides is 1. The fraction of sp³-hybridized carbons (Fsp3) is 0.500. The van der Waals surface area contributed by atoms with Gasteiger partial charge in [0.1, 0.15) is 10.7 Å². The molecule has 0 aromatic heterocycles. The van der Waals surface area contributed by atoms with Gasteiger partial charge < -0.3 is 5.32 Å². The average Bonchev–Trinajstić information content (AvgIpc) is 2.33. The zero-order valence-electron chi connectivity index (χ0n) is 11.0. The number of rotatable bonds is 7. The minimum Gasteiger partial charge on any atom is -0.312 e. The van der Waals surface area contributed by atoms with Crippen molar-refractivity contribution in [1.29, 1.82) is 0 Å². The molecule has 0 bridgehead atoms. The minimum absolute atomic E-state index is 0.0407. The number of benzene rings is 1. The molecule has 0 aliphatic carbocycles. The molecule has 19 heavy (non-hydrogen) atoms. The van der Waals surface area contributed by atoms with Gasteiger partial charge in [-0.1, -0.05) is 13.8 Å². The second-order valence-corrected chi connectivity index (χ2v) is 5.75. The first-order valence-corrected chi connectivity index (χ1v) is 7.59. The van der Waals surface area contributed by atoms with Crippen LogP contribution < -0.4 is 10.0 Å². The van der Waals surface area contributed by atoms with Crippen molar-refractivity contribution in [1.82, 2.24) is 10.0 Å². The topological polar surface area (TPSA) is 58.2 Å². The largest absolute Gasteiger partial charge is 0.312 e. The van der Waals surface area contributed by atoms with Crippen molar-refractivity contribution >= 4 is 10.0 Å². The highest BCUT2D eigenvalue weighted by Gasteiger charge is 2.22. The van der Waals surface area contributed by atoms with Crippen LogP contribution in [0.1, 0.15) is 25.8 Å². The van der Waals surface area contributed by atoms with Crippen molar-refractivity contribution in [2.75, 3.05) is 13.1 Å². The van der Waals surface area contributed by atoms with E-state index in [1.165, 1.54) is 0 Å². The lowest BCUT2D eigenvalue weighted by Gasteiger charge is -2.11. The number of nitrogens with one attached hydrogen (secondary N) is 2. The van der Waals surface area contributed by atoms with Crippen molar-refractivity contribution in [3.63, 3.8) is 0 Å². The third-order valence-electron chi connectivity index (χ3n) is 2.50. The van der Waals surface area contributed by atoms with Gasteiger partial charge in [0.05, 0.1) is 0 Å². The molecular formula is C12H18F2N2O2S. The third-order valence-corrected chi connectivity index (χ3v) is 4.07. The minimum atomic E-state index is -3.93. The third kappa shape index (κ3) is 3.95. The summed E-state index contributed by atoms with van der Waals surface area (Å²) < 4.78 is 53.3. The summed E-state index contributed by atoms with van der Waals surface area (Å²) in [5.41, 5.74) is -0.257. The second kappa shape index (κ2) is 6.93. The van der Waals surface area contributed by atoms with Crippen LogP contribution in [0.25, 0.3) is 0 Å². The van der Waals surface area contributed by atoms with E-state index < -0.39 is 26.6 Å². The van der Waals surface area contributed by atoms with E-state index in [0.29, 0.717) is 6.54 Å². The highest BCUT2D eigenvalue weighted by Crippen LogP contribution is 2.20. The molecule has 0 aliphatic heterocycles. The normalized spacial score (nSPS) is 11.8. The molecule has 0 radical (unpaired) electrons. The van der Waals surface area contributed by atoms with E-state index in [1.54, 1.807) is 6.92 Å². The predicted molar refractivity (Wildman–Crippen MR) is 69.2 cm³/mol. The Morgan fingerprint density at radius 3 is 2.47 bits per heavy atom. The maximum atomic E-state index is 14.1. The average molecular weight is 292 g/mol. The highest BCUT2D eigenvalue weighted by atomic mass is 32.2. The summed E-state index contributed by atoms with van der Waals surface area (Å²) in [6, 6.07) is 1.91. The maximum Gasteiger partial charge on any atom is 0.243 e. The SMILES string of the molecule is CCCNCc1c(F)ccc(S(=O)(=O)NCC)c1F.